The minimum absolute atomic E-state index is 0.0477. The van der Waals surface area contributed by atoms with Crippen LogP contribution in [-0.4, -0.2) is 76.5 Å². The molecule has 1 N–H and O–H groups in total. The maximum Gasteiger partial charge on any atom is 0.225 e. The summed E-state index contributed by atoms with van der Waals surface area (Å²) in [6.07, 6.45) is 1.77. The molecular formula is C20H29N3O3. The molecule has 2 fully saturated rings. The number of benzene rings is 1. The van der Waals surface area contributed by atoms with E-state index in [1.165, 1.54) is 12.5 Å². The lowest BCUT2D eigenvalue weighted by atomic mass is 9.92. The number of carbonyl (C=O) groups is 2. The molecule has 2 aliphatic heterocycles. The molecule has 2 saturated heterocycles. The molecule has 0 saturated carbocycles. The highest BCUT2D eigenvalue weighted by atomic mass is 16.3. The highest BCUT2D eigenvalue weighted by Gasteiger charge is 2.44. The first-order valence-corrected chi connectivity index (χ1v) is 9.47. The summed E-state index contributed by atoms with van der Waals surface area (Å²) in [6, 6.07) is 10.4. The van der Waals surface area contributed by atoms with Crippen molar-refractivity contribution in [3.63, 3.8) is 0 Å². The molecule has 0 aliphatic carbocycles. The van der Waals surface area contributed by atoms with Crippen molar-refractivity contribution in [1.29, 1.82) is 0 Å². The average Bonchev–Trinajstić information content (AvgIpc) is 3.07. The first-order chi connectivity index (χ1) is 12.5. The number of hydrogen-bond acceptors (Lipinski definition) is 4. The van der Waals surface area contributed by atoms with Crippen molar-refractivity contribution in [2.75, 3.05) is 39.3 Å². The van der Waals surface area contributed by atoms with Gasteiger partial charge in [0, 0.05) is 46.2 Å². The normalized spacial score (nSPS) is 24.1. The Balaban J connectivity index is 1.54. The zero-order valence-corrected chi connectivity index (χ0v) is 15.6. The SMILES string of the molecule is CC(=O)N1CCC[C@@]1(CO)CC(=O)N1CCN(Cc2ccccc2)CC1. The topological polar surface area (TPSA) is 64.1 Å². The lowest BCUT2D eigenvalue weighted by molar-refractivity contribution is -0.141. The largest absolute Gasteiger partial charge is 0.394 e. The third kappa shape index (κ3) is 4.07. The van der Waals surface area contributed by atoms with E-state index < -0.39 is 5.54 Å². The van der Waals surface area contributed by atoms with Crippen molar-refractivity contribution in [3.05, 3.63) is 35.9 Å². The lowest BCUT2D eigenvalue weighted by Gasteiger charge is -2.40. The fourth-order valence-corrected chi connectivity index (χ4v) is 4.22. The number of carbonyl (C=O) groups excluding carboxylic acids is 2. The van der Waals surface area contributed by atoms with Gasteiger partial charge in [0.25, 0.3) is 0 Å². The fraction of sp³-hybridized carbons (Fsp3) is 0.600. The number of hydrogen-bond donors (Lipinski definition) is 1. The van der Waals surface area contributed by atoms with E-state index in [0.717, 1.165) is 26.1 Å². The van der Waals surface area contributed by atoms with E-state index in [1.807, 2.05) is 23.1 Å². The van der Waals surface area contributed by atoms with Crippen LogP contribution in [0.15, 0.2) is 30.3 Å². The van der Waals surface area contributed by atoms with Crippen LogP contribution in [0.4, 0.5) is 0 Å². The van der Waals surface area contributed by atoms with E-state index in [1.54, 1.807) is 4.90 Å². The molecule has 3 rings (SSSR count). The van der Waals surface area contributed by atoms with Gasteiger partial charge in [-0.3, -0.25) is 14.5 Å². The molecule has 142 valence electrons. The summed E-state index contributed by atoms with van der Waals surface area (Å²) in [4.78, 5) is 30.6. The van der Waals surface area contributed by atoms with Crippen LogP contribution in [-0.2, 0) is 16.1 Å². The second-order valence-corrected chi connectivity index (χ2v) is 7.48. The fourth-order valence-electron chi connectivity index (χ4n) is 4.22. The number of aliphatic hydroxyl groups excluding tert-OH is 1. The first kappa shape index (κ1) is 18.9. The van der Waals surface area contributed by atoms with Crippen LogP contribution in [0.5, 0.6) is 0 Å². The summed E-state index contributed by atoms with van der Waals surface area (Å²) in [7, 11) is 0. The number of nitrogens with zero attached hydrogens (tertiary/aromatic N) is 3. The lowest BCUT2D eigenvalue weighted by Crippen LogP contribution is -2.54. The van der Waals surface area contributed by atoms with Gasteiger partial charge in [-0.25, -0.2) is 0 Å². The Morgan fingerprint density at radius 3 is 2.38 bits per heavy atom. The molecular weight excluding hydrogens is 330 g/mol. The Hall–Kier alpha value is -1.92. The van der Waals surface area contributed by atoms with Crippen molar-refractivity contribution in [3.8, 4) is 0 Å². The van der Waals surface area contributed by atoms with Crippen molar-refractivity contribution < 1.29 is 14.7 Å². The molecule has 1 aromatic carbocycles. The van der Waals surface area contributed by atoms with Gasteiger partial charge in [-0.1, -0.05) is 30.3 Å². The number of amides is 2. The Kier molecular flexibility index (Phi) is 5.94. The van der Waals surface area contributed by atoms with Crippen molar-refractivity contribution in [2.45, 2.75) is 38.3 Å². The molecule has 2 heterocycles. The van der Waals surface area contributed by atoms with Gasteiger partial charge < -0.3 is 14.9 Å². The Morgan fingerprint density at radius 1 is 1.08 bits per heavy atom. The van der Waals surface area contributed by atoms with Crippen molar-refractivity contribution >= 4 is 11.8 Å². The Bertz CT molecular complexity index is 628. The van der Waals surface area contributed by atoms with E-state index in [4.69, 9.17) is 0 Å². The third-order valence-corrected chi connectivity index (χ3v) is 5.73. The third-order valence-electron chi connectivity index (χ3n) is 5.73. The molecule has 6 heteroatoms. The van der Waals surface area contributed by atoms with Crippen LogP contribution in [0.25, 0.3) is 0 Å². The van der Waals surface area contributed by atoms with Gasteiger partial charge in [0.05, 0.1) is 18.6 Å². The molecule has 0 radical (unpaired) electrons. The van der Waals surface area contributed by atoms with Crippen LogP contribution in [0, 0.1) is 0 Å². The average molecular weight is 359 g/mol. The Labute approximate surface area is 155 Å². The quantitative estimate of drug-likeness (QED) is 0.855. The predicted molar refractivity (Wildman–Crippen MR) is 99.4 cm³/mol. The van der Waals surface area contributed by atoms with Crippen molar-refractivity contribution in [2.24, 2.45) is 0 Å². The summed E-state index contributed by atoms with van der Waals surface area (Å²) in [5, 5.41) is 9.92. The van der Waals surface area contributed by atoms with Gasteiger partial charge in [0.1, 0.15) is 0 Å². The van der Waals surface area contributed by atoms with E-state index >= 15 is 0 Å². The van der Waals surface area contributed by atoms with Gasteiger partial charge in [-0.15, -0.1) is 0 Å². The number of piperazine rings is 1. The number of likely N-dealkylation sites (tertiary alicyclic amines) is 1. The van der Waals surface area contributed by atoms with Crippen LogP contribution < -0.4 is 0 Å². The van der Waals surface area contributed by atoms with E-state index in [9.17, 15) is 14.7 Å². The summed E-state index contributed by atoms with van der Waals surface area (Å²) in [5.41, 5.74) is 0.582. The van der Waals surface area contributed by atoms with Crippen LogP contribution in [0.1, 0.15) is 31.7 Å². The summed E-state index contributed by atoms with van der Waals surface area (Å²) < 4.78 is 0. The van der Waals surface area contributed by atoms with Gasteiger partial charge in [0.2, 0.25) is 11.8 Å². The predicted octanol–water partition coefficient (Wildman–Crippen LogP) is 1.09. The second-order valence-electron chi connectivity index (χ2n) is 7.48. The summed E-state index contributed by atoms with van der Waals surface area (Å²) in [5.74, 6) is -0.0106. The zero-order valence-electron chi connectivity index (χ0n) is 15.6. The molecule has 0 spiro atoms. The summed E-state index contributed by atoms with van der Waals surface area (Å²) >= 11 is 0. The molecule has 0 aromatic heterocycles. The monoisotopic (exact) mass is 359 g/mol. The number of aliphatic hydroxyl groups is 1. The molecule has 0 bridgehead atoms. The minimum Gasteiger partial charge on any atom is -0.394 e. The van der Waals surface area contributed by atoms with Crippen LogP contribution >= 0.6 is 0 Å². The molecule has 2 amide bonds. The second kappa shape index (κ2) is 8.18. The van der Waals surface area contributed by atoms with E-state index in [-0.39, 0.29) is 24.8 Å². The zero-order chi connectivity index (χ0) is 18.6. The maximum atomic E-state index is 12.8. The van der Waals surface area contributed by atoms with Gasteiger partial charge in [-0.05, 0) is 18.4 Å². The van der Waals surface area contributed by atoms with Crippen LogP contribution in [0.3, 0.4) is 0 Å². The van der Waals surface area contributed by atoms with E-state index in [2.05, 4.69) is 17.0 Å². The standard InChI is InChI=1S/C20H29N3O3/c1-17(25)23-9-5-8-20(23,16-24)14-19(26)22-12-10-21(11-13-22)15-18-6-3-2-4-7-18/h2-4,6-7,24H,5,8-16H2,1H3/t20-/m0/s1. The highest BCUT2D eigenvalue weighted by molar-refractivity contribution is 5.80. The molecule has 1 aromatic rings. The molecule has 6 nitrogen and oxygen atoms in total. The summed E-state index contributed by atoms with van der Waals surface area (Å²) in [6.45, 7) is 6.01. The van der Waals surface area contributed by atoms with E-state index in [0.29, 0.717) is 26.1 Å². The molecule has 2 aliphatic rings. The number of rotatable bonds is 5. The van der Waals surface area contributed by atoms with Gasteiger partial charge >= 0.3 is 0 Å². The smallest absolute Gasteiger partial charge is 0.225 e. The van der Waals surface area contributed by atoms with Crippen molar-refractivity contribution in [1.82, 2.24) is 14.7 Å². The molecule has 0 unspecified atom stereocenters. The molecule has 1 atom stereocenters. The first-order valence-electron chi connectivity index (χ1n) is 9.47. The van der Waals surface area contributed by atoms with Gasteiger partial charge in [-0.2, -0.15) is 0 Å². The highest BCUT2D eigenvalue weighted by Crippen LogP contribution is 2.33. The maximum absolute atomic E-state index is 12.8. The molecule has 26 heavy (non-hydrogen) atoms. The van der Waals surface area contributed by atoms with Crippen LogP contribution in [0.2, 0.25) is 0 Å². The minimum atomic E-state index is -0.704. The Morgan fingerprint density at radius 2 is 1.77 bits per heavy atom. The van der Waals surface area contributed by atoms with Gasteiger partial charge in [0.15, 0.2) is 0 Å².